The SMILES string of the molecule is Nc1cc(C(F)(F)F)ccc1NC(=O)c1cscn1. The third-order valence-corrected chi connectivity index (χ3v) is 2.88. The van der Waals surface area contributed by atoms with Crippen molar-refractivity contribution in [3.8, 4) is 0 Å². The van der Waals surface area contributed by atoms with Gasteiger partial charge in [0.1, 0.15) is 5.69 Å². The minimum atomic E-state index is -4.47. The molecule has 8 heteroatoms. The number of halogens is 3. The van der Waals surface area contributed by atoms with E-state index in [0.29, 0.717) is 0 Å². The monoisotopic (exact) mass is 287 g/mol. The first-order valence-corrected chi connectivity index (χ1v) is 5.98. The van der Waals surface area contributed by atoms with Crippen LogP contribution in [-0.2, 0) is 6.18 Å². The summed E-state index contributed by atoms with van der Waals surface area (Å²) in [5.41, 5.74) is 6.25. The Kier molecular flexibility index (Phi) is 3.43. The summed E-state index contributed by atoms with van der Waals surface area (Å²) in [7, 11) is 0. The van der Waals surface area contributed by atoms with Gasteiger partial charge in [0, 0.05) is 5.38 Å². The number of carbonyl (C=O) groups is 1. The van der Waals surface area contributed by atoms with E-state index in [-0.39, 0.29) is 17.1 Å². The second-order valence-electron chi connectivity index (χ2n) is 3.63. The first kappa shape index (κ1) is 13.3. The van der Waals surface area contributed by atoms with Crippen molar-refractivity contribution in [2.24, 2.45) is 0 Å². The highest BCUT2D eigenvalue weighted by Crippen LogP contribution is 2.32. The van der Waals surface area contributed by atoms with Gasteiger partial charge in [0.15, 0.2) is 0 Å². The van der Waals surface area contributed by atoms with Crippen molar-refractivity contribution in [1.82, 2.24) is 4.98 Å². The van der Waals surface area contributed by atoms with Crippen molar-refractivity contribution in [2.45, 2.75) is 6.18 Å². The van der Waals surface area contributed by atoms with Crippen LogP contribution in [0.25, 0.3) is 0 Å². The minimum absolute atomic E-state index is 0.117. The molecule has 0 aliphatic carbocycles. The number of hydrogen-bond acceptors (Lipinski definition) is 4. The molecule has 2 aromatic rings. The summed E-state index contributed by atoms with van der Waals surface area (Å²) >= 11 is 1.24. The van der Waals surface area contributed by atoms with Crippen LogP contribution in [0.2, 0.25) is 0 Å². The molecule has 100 valence electrons. The average Bonchev–Trinajstić information content (AvgIpc) is 2.84. The lowest BCUT2D eigenvalue weighted by Gasteiger charge is -2.11. The van der Waals surface area contributed by atoms with Gasteiger partial charge < -0.3 is 11.1 Å². The largest absolute Gasteiger partial charge is 0.416 e. The Morgan fingerprint density at radius 3 is 2.63 bits per heavy atom. The van der Waals surface area contributed by atoms with Crippen LogP contribution < -0.4 is 11.1 Å². The quantitative estimate of drug-likeness (QED) is 0.834. The number of nitrogens with one attached hydrogen (secondary N) is 1. The summed E-state index contributed by atoms with van der Waals surface area (Å²) < 4.78 is 37.3. The molecule has 0 unspecified atom stereocenters. The molecule has 1 heterocycles. The lowest BCUT2D eigenvalue weighted by Crippen LogP contribution is -2.14. The van der Waals surface area contributed by atoms with Gasteiger partial charge in [0.2, 0.25) is 0 Å². The predicted molar refractivity (Wildman–Crippen MR) is 65.9 cm³/mol. The Labute approximate surface area is 110 Å². The van der Waals surface area contributed by atoms with E-state index in [1.54, 1.807) is 0 Å². The molecule has 1 aromatic carbocycles. The molecule has 19 heavy (non-hydrogen) atoms. The normalized spacial score (nSPS) is 11.3. The third kappa shape index (κ3) is 3.02. The number of hydrogen-bond donors (Lipinski definition) is 2. The summed E-state index contributed by atoms with van der Waals surface area (Å²) in [4.78, 5) is 15.4. The van der Waals surface area contributed by atoms with E-state index in [0.717, 1.165) is 18.2 Å². The highest BCUT2D eigenvalue weighted by atomic mass is 32.1. The van der Waals surface area contributed by atoms with Crippen LogP contribution in [0.4, 0.5) is 24.5 Å². The molecule has 0 saturated carbocycles. The van der Waals surface area contributed by atoms with Gasteiger partial charge in [-0.15, -0.1) is 11.3 Å². The zero-order valence-electron chi connectivity index (χ0n) is 9.36. The number of aromatic nitrogens is 1. The van der Waals surface area contributed by atoms with Crippen molar-refractivity contribution in [1.29, 1.82) is 0 Å². The Hall–Kier alpha value is -2.09. The number of carbonyl (C=O) groups excluding carboxylic acids is 1. The highest BCUT2D eigenvalue weighted by Gasteiger charge is 2.30. The Balaban J connectivity index is 2.21. The van der Waals surface area contributed by atoms with Gasteiger partial charge in [-0.3, -0.25) is 4.79 Å². The molecule has 0 spiro atoms. The molecular weight excluding hydrogens is 279 g/mol. The number of thiazole rings is 1. The fourth-order valence-corrected chi connectivity index (χ4v) is 1.90. The van der Waals surface area contributed by atoms with Crippen LogP contribution in [0, 0.1) is 0 Å². The molecule has 0 atom stereocenters. The van der Waals surface area contributed by atoms with Crippen LogP contribution in [0.5, 0.6) is 0 Å². The van der Waals surface area contributed by atoms with E-state index in [2.05, 4.69) is 10.3 Å². The van der Waals surface area contributed by atoms with Gasteiger partial charge in [0.25, 0.3) is 5.91 Å². The van der Waals surface area contributed by atoms with Crippen molar-refractivity contribution in [3.05, 3.63) is 40.3 Å². The Bertz CT molecular complexity index is 596. The molecule has 0 aliphatic rings. The second-order valence-corrected chi connectivity index (χ2v) is 4.35. The number of rotatable bonds is 2. The van der Waals surface area contributed by atoms with Gasteiger partial charge in [-0.2, -0.15) is 13.2 Å². The number of benzene rings is 1. The van der Waals surface area contributed by atoms with E-state index >= 15 is 0 Å². The molecular formula is C11H8F3N3OS. The third-order valence-electron chi connectivity index (χ3n) is 2.29. The second kappa shape index (κ2) is 4.88. The van der Waals surface area contributed by atoms with E-state index in [1.807, 2.05) is 0 Å². The van der Waals surface area contributed by atoms with Crippen LogP contribution >= 0.6 is 11.3 Å². The maximum absolute atomic E-state index is 12.4. The van der Waals surface area contributed by atoms with Crippen LogP contribution in [0.3, 0.4) is 0 Å². The van der Waals surface area contributed by atoms with E-state index < -0.39 is 17.6 Å². The summed E-state index contributed by atoms with van der Waals surface area (Å²) in [5.74, 6) is -0.521. The Morgan fingerprint density at radius 1 is 1.37 bits per heavy atom. The minimum Gasteiger partial charge on any atom is -0.397 e. The first-order chi connectivity index (χ1) is 8.88. The van der Waals surface area contributed by atoms with Crippen LogP contribution in [0.15, 0.2) is 29.1 Å². The molecule has 4 nitrogen and oxygen atoms in total. The van der Waals surface area contributed by atoms with E-state index in [4.69, 9.17) is 5.73 Å². The lowest BCUT2D eigenvalue weighted by atomic mass is 10.1. The number of anilines is 2. The molecule has 0 radical (unpaired) electrons. The summed E-state index contributed by atoms with van der Waals surface area (Å²) in [6.07, 6.45) is -4.47. The van der Waals surface area contributed by atoms with E-state index in [9.17, 15) is 18.0 Å². The van der Waals surface area contributed by atoms with Gasteiger partial charge in [0.05, 0.1) is 22.4 Å². The summed E-state index contributed by atoms with van der Waals surface area (Å²) in [5, 5.41) is 3.93. The zero-order valence-corrected chi connectivity index (χ0v) is 10.2. The molecule has 0 bridgehead atoms. The van der Waals surface area contributed by atoms with Gasteiger partial charge in [-0.1, -0.05) is 0 Å². The average molecular weight is 287 g/mol. The molecule has 1 amide bonds. The van der Waals surface area contributed by atoms with E-state index in [1.165, 1.54) is 22.2 Å². The van der Waals surface area contributed by atoms with Gasteiger partial charge in [-0.25, -0.2) is 4.98 Å². The lowest BCUT2D eigenvalue weighted by molar-refractivity contribution is -0.137. The topological polar surface area (TPSA) is 68.0 Å². The molecule has 2 rings (SSSR count). The maximum Gasteiger partial charge on any atom is 0.416 e. The molecule has 0 saturated heterocycles. The number of nitrogen functional groups attached to an aromatic ring is 1. The van der Waals surface area contributed by atoms with Crippen molar-refractivity contribution >= 4 is 28.6 Å². The number of nitrogens with zero attached hydrogens (tertiary/aromatic N) is 1. The number of nitrogens with two attached hydrogens (primary N) is 1. The molecule has 0 fully saturated rings. The molecule has 0 aliphatic heterocycles. The van der Waals surface area contributed by atoms with Gasteiger partial charge >= 0.3 is 6.18 Å². The standard InChI is InChI=1S/C11H8F3N3OS/c12-11(13,14)6-1-2-8(7(15)3-6)17-10(18)9-4-19-5-16-9/h1-5H,15H2,(H,17,18). The number of alkyl halides is 3. The van der Waals surface area contributed by atoms with Crippen LogP contribution in [-0.4, -0.2) is 10.9 Å². The van der Waals surface area contributed by atoms with Crippen LogP contribution in [0.1, 0.15) is 16.1 Å². The zero-order chi connectivity index (χ0) is 14.0. The fourth-order valence-electron chi connectivity index (χ4n) is 1.36. The highest BCUT2D eigenvalue weighted by molar-refractivity contribution is 7.07. The summed E-state index contributed by atoms with van der Waals surface area (Å²) in [6.45, 7) is 0. The smallest absolute Gasteiger partial charge is 0.397 e. The van der Waals surface area contributed by atoms with Gasteiger partial charge in [-0.05, 0) is 18.2 Å². The molecule has 1 aromatic heterocycles. The van der Waals surface area contributed by atoms with Crippen molar-refractivity contribution < 1.29 is 18.0 Å². The van der Waals surface area contributed by atoms with Crippen molar-refractivity contribution in [2.75, 3.05) is 11.1 Å². The predicted octanol–water partition coefficient (Wildman–Crippen LogP) is 3.00. The Morgan fingerprint density at radius 2 is 2.11 bits per heavy atom. The maximum atomic E-state index is 12.4. The molecule has 3 N–H and O–H groups in total. The first-order valence-electron chi connectivity index (χ1n) is 5.04. The number of amides is 1. The fraction of sp³-hybridized carbons (Fsp3) is 0.0909. The van der Waals surface area contributed by atoms with Crippen molar-refractivity contribution in [3.63, 3.8) is 0 Å². The summed E-state index contributed by atoms with van der Waals surface area (Å²) in [6, 6.07) is 2.74.